The van der Waals surface area contributed by atoms with E-state index >= 15 is 0 Å². The van der Waals surface area contributed by atoms with Crippen LogP contribution in [0.2, 0.25) is 0 Å². The number of carbonyl (C=O) groups excluding carboxylic acids is 4. The molecule has 0 rings (SSSR count). The lowest BCUT2D eigenvalue weighted by molar-refractivity contribution is -0.161. The minimum Gasteiger partial charge on any atom is -0.462 e. The predicted molar refractivity (Wildman–Crippen MR) is 326 cm³/mol. The molecule has 0 saturated heterocycles. The lowest BCUT2D eigenvalue weighted by Gasteiger charge is -2.21. The Morgan fingerprint density at radius 3 is 0.829 bits per heavy atom. The summed E-state index contributed by atoms with van der Waals surface area (Å²) in [5.41, 5.74) is 0. The van der Waals surface area contributed by atoms with Crippen LogP contribution in [0.5, 0.6) is 0 Å². The van der Waals surface area contributed by atoms with Gasteiger partial charge in [-0.3, -0.25) is 37.3 Å². The summed E-state index contributed by atoms with van der Waals surface area (Å²) in [6.07, 6.45) is 37.8. The van der Waals surface area contributed by atoms with E-state index in [0.29, 0.717) is 25.7 Å². The van der Waals surface area contributed by atoms with Crippen molar-refractivity contribution in [2.24, 2.45) is 11.8 Å². The fourth-order valence-electron chi connectivity index (χ4n) is 9.35. The first-order chi connectivity index (χ1) is 39.4. The van der Waals surface area contributed by atoms with Gasteiger partial charge in [-0.15, -0.1) is 0 Å². The first-order valence-corrected chi connectivity index (χ1v) is 36.0. The highest BCUT2D eigenvalue weighted by Gasteiger charge is 2.30. The Bertz CT molecular complexity index is 1620. The van der Waals surface area contributed by atoms with Crippen LogP contribution in [0.15, 0.2) is 0 Å². The number of hydrogen-bond acceptors (Lipinski definition) is 15. The van der Waals surface area contributed by atoms with Gasteiger partial charge in [-0.2, -0.15) is 0 Å². The van der Waals surface area contributed by atoms with E-state index in [9.17, 15) is 43.2 Å². The second-order valence-electron chi connectivity index (χ2n) is 23.7. The molecule has 3 N–H and O–H groups in total. The van der Waals surface area contributed by atoms with E-state index in [0.717, 1.165) is 108 Å². The maximum absolute atomic E-state index is 13.0. The standard InChI is InChI=1S/C63H122O17P2/c1-7-9-11-13-14-15-16-24-29-35-41-47-62(67)79-58(51-73-60(65)45-39-31-12-10-8-2)53-77-81(69,70)75-49-57(64)50-76-82(71,72)78-54-59(80-63(68)48-42-36-30-25-20-18-22-27-33-38-44-56(5)6)52-74-61(66)46-40-34-28-23-19-17-21-26-32-37-43-55(3)4/h55-59,64H,7-54H2,1-6H3,(H,69,70)(H,71,72)/t57-,58+,59+/m0/s1. The van der Waals surface area contributed by atoms with Gasteiger partial charge >= 0.3 is 39.5 Å². The highest BCUT2D eigenvalue weighted by Crippen LogP contribution is 2.45. The number of phosphoric acid groups is 2. The van der Waals surface area contributed by atoms with Crippen LogP contribution in [0.1, 0.15) is 311 Å². The number of esters is 4. The monoisotopic (exact) mass is 1210 g/mol. The van der Waals surface area contributed by atoms with Gasteiger partial charge in [0.25, 0.3) is 0 Å². The zero-order valence-electron chi connectivity index (χ0n) is 52.8. The second kappa shape index (κ2) is 55.6. The third-order valence-corrected chi connectivity index (χ3v) is 16.4. The van der Waals surface area contributed by atoms with E-state index in [1.165, 1.54) is 122 Å². The molecule has 0 aromatic rings. The Kier molecular flexibility index (Phi) is 54.3. The summed E-state index contributed by atoms with van der Waals surface area (Å²) < 4.78 is 67.8. The number of aliphatic hydroxyl groups excluding tert-OH is 1. The molecule has 0 saturated carbocycles. The fraction of sp³-hybridized carbons (Fsp3) is 0.937. The van der Waals surface area contributed by atoms with Crippen molar-refractivity contribution in [3.63, 3.8) is 0 Å². The molecule has 0 aliphatic heterocycles. The van der Waals surface area contributed by atoms with Gasteiger partial charge in [-0.05, 0) is 37.5 Å². The summed E-state index contributed by atoms with van der Waals surface area (Å²) in [7, 11) is -9.88. The van der Waals surface area contributed by atoms with E-state index in [2.05, 4.69) is 41.5 Å². The predicted octanol–water partition coefficient (Wildman–Crippen LogP) is 17.3. The number of ether oxygens (including phenoxy) is 4. The number of carbonyl (C=O) groups is 4. The van der Waals surface area contributed by atoms with Crippen molar-refractivity contribution in [1.29, 1.82) is 0 Å². The Labute approximate surface area is 498 Å². The van der Waals surface area contributed by atoms with Gasteiger partial charge in [-0.1, -0.05) is 260 Å². The highest BCUT2D eigenvalue weighted by molar-refractivity contribution is 7.47. The molecule has 0 bridgehead atoms. The summed E-state index contributed by atoms with van der Waals surface area (Å²) in [4.78, 5) is 71.9. The minimum atomic E-state index is -4.94. The Balaban J connectivity index is 5.18. The van der Waals surface area contributed by atoms with Crippen LogP contribution in [0.3, 0.4) is 0 Å². The summed E-state index contributed by atoms with van der Waals surface area (Å²) >= 11 is 0. The van der Waals surface area contributed by atoms with E-state index < -0.39 is 97.5 Å². The van der Waals surface area contributed by atoms with Gasteiger partial charge in [0, 0.05) is 25.7 Å². The van der Waals surface area contributed by atoms with Crippen molar-refractivity contribution in [3.8, 4) is 0 Å². The average molecular weight is 1210 g/mol. The summed E-state index contributed by atoms with van der Waals surface area (Å²) in [5.74, 6) is -0.634. The van der Waals surface area contributed by atoms with Gasteiger partial charge in [0.1, 0.15) is 19.3 Å². The van der Waals surface area contributed by atoms with E-state index in [-0.39, 0.29) is 25.7 Å². The highest BCUT2D eigenvalue weighted by atomic mass is 31.2. The van der Waals surface area contributed by atoms with Crippen molar-refractivity contribution in [2.45, 2.75) is 330 Å². The van der Waals surface area contributed by atoms with Crippen LogP contribution in [-0.4, -0.2) is 96.7 Å². The van der Waals surface area contributed by atoms with Gasteiger partial charge < -0.3 is 33.8 Å². The van der Waals surface area contributed by atoms with Crippen LogP contribution in [0, 0.1) is 11.8 Å². The third kappa shape index (κ3) is 57.2. The molecule has 2 unspecified atom stereocenters. The van der Waals surface area contributed by atoms with Crippen LogP contribution < -0.4 is 0 Å². The maximum atomic E-state index is 13.0. The molecule has 0 fully saturated rings. The number of aliphatic hydroxyl groups is 1. The molecule has 0 heterocycles. The molecule has 0 spiro atoms. The normalized spacial score (nSPS) is 14.3. The Morgan fingerprint density at radius 2 is 0.561 bits per heavy atom. The SMILES string of the molecule is CCCCCCCCCCCCCC(=O)O[C@H](COC(=O)CCCCCCC)COP(=O)(O)OC[C@H](O)COP(=O)(O)OC[C@@H](COC(=O)CCCCCCCCCCCCC(C)C)OC(=O)CCCCCCCCCCCCC(C)C. The first kappa shape index (κ1) is 80.1. The van der Waals surface area contributed by atoms with Crippen molar-refractivity contribution < 1.29 is 80.2 Å². The molecule has 0 aromatic heterocycles. The molecule has 0 radical (unpaired) electrons. The molecular weight excluding hydrogens is 1090 g/mol. The van der Waals surface area contributed by atoms with Crippen molar-refractivity contribution in [3.05, 3.63) is 0 Å². The fourth-order valence-corrected chi connectivity index (χ4v) is 10.9. The van der Waals surface area contributed by atoms with E-state index in [1.54, 1.807) is 0 Å². The molecule has 82 heavy (non-hydrogen) atoms. The number of phosphoric ester groups is 2. The first-order valence-electron chi connectivity index (χ1n) is 33.0. The minimum absolute atomic E-state index is 0.105. The van der Waals surface area contributed by atoms with Crippen LogP contribution >= 0.6 is 15.6 Å². The molecule has 5 atom stereocenters. The van der Waals surface area contributed by atoms with Gasteiger partial charge in [0.05, 0.1) is 26.4 Å². The zero-order valence-corrected chi connectivity index (χ0v) is 54.6. The molecule has 486 valence electrons. The number of hydrogen-bond donors (Lipinski definition) is 3. The maximum Gasteiger partial charge on any atom is 0.472 e. The molecule has 19 heteroatoms. The smallest absolute Gasteiger partial charge is 0.462 e. The number of unbranched alkanes of at least 4 members (excludes halogenated alkanes) is 32. The van der Waals surface area contributed by atoms with Crippen LogP contribution in [0.4, 0.5) is 0 Å². The van der Waals surface area contributed by atoms with Gasteiger partial charge in [0.2, 0.25) is 0 Å². The Morgan fingerprint density at radius 1 is 0.329 bits per heavy atom. The van der Waals surface area contributed by atoms with E-state index in [1.807, 2.05) is 0 Å². The van der Waals surface area contributed by atoms with Gasteiger partial charge in [0.15, 0.2) is 12.2 Å². The average Bonchev–Trinajstić information content (AvgIpc) is 3.44. The molecular formula is C63H122O17P2. The second-order valence-corrected chi connectivity index (χ2v) is 26.7. The Hall–Kier alpha value is -1.94. The van der Waals surface area contributed by atoms with Crippen LogP contribution in [-0.2, 0) is 65.4 Å². The molecule has 0 amide bonds. The molecule has 17 nitrogen and oxygen atoms in total. The topological polar surface area (TPSA) is 237 Å². The largest absolute Gasteiger partial charge is 0.472 e. The molecule has 0 aromatic carbocycles. The van der Waals surface area contributed by atoms with Gasteiger partial charge in [-0.25, -0.2) is 9.13 Å². The van der Waals surface area contributed by atoms with Crippen molar-refractivity contribution in [2.75, 3.05) is 39.6 Å². The van der Waals surface area contributed by atoms with E-state index in [4.69, 9.17) is 37.0 Å². The molecule has 0 aliphatic carbocycles. The zero-order chi connectivity index (χ0) is 60.8. The number of rotatable bonds is 62. The molecule has 0 aliphatic rings. The summed E-state index contributed by atoms with van der Waals surface area (Å²) in [5, 5.41) is 10.5. The summed E-state index contributed by atoms with van der Waals surface area (Å²) in [6.45, 7) is 9.38. The van der Waals surface area contributed by atoms with Crippen molar-refractivity contribution >= 4 is 39.5 Å². The van der Waals surface area contributed by atoms with Crippen molar-refractivity contribution in [1.82, 2.24) is 0 Å². The quantitative estimate of drug-likeness (QED) is 0.0222. The third-order valence-electron chi connectivity index (χ3n) is 14.5. The summed E-state index contributed by atoms with van der Waals surface area (Å²) in [6, 6.07) is 0. The van der Waals surface area contributed by atoms with Crippen LogP contribution in [0.25, 0.3) is 0 Å². The lowest BCUT2D eigenvalue weighted by atomic mass is 10.0. The lowest BCUT2D eigenvalue weighted by Crippen LogP contribution is -2.30.